The van der Waals surface area contributed by atoms with Crippen molar-refractivity contribution in [3.63, 3.8) is 0 Å². The summed E-state index contributed by atoms with van der Waals surface area (Å²) in [7, 11) is 0. The molecular weight excluding hydrogens is 370 g/mol. The number of fused-ring (bicyclic) bond motifs is 1. The largest absolute Gasteiger partial charge is 0.460 e. The molecule has 154 valence electrons. The highest BCUT2D eigenvalue weighted by atomic mass is 16.7. The van der Waals surface area contributed by atoms with Crippen LogP contribution in [-0.2, 0) is 14.3 Å². The van der Waals surface area contributed by atoms with Crippen LogP contribution in [0.4, 0.5) is 0 Å². The molecule has 0 spiro atoms. The van der Waals surface area contributed by atoms with E-state index in [1.54, 1.807) is 0 Å². The summed E-state index contributed by atoms with van der Waals surface area (Å²) < 4.78 is 16.5. The van der Waals surface area contributed by atoms with Gasteiger partial charge in [-0.05, 0) is 50.3 Å². The van der Waals surface area contributed by atoms with E-state index in [9.17, 15) is 9.59 Å². The average molecular weight is 397 g/mol. The number of allylic oxidation sites excluding steroid dienone is 3. The number of carbonyl (C=O) groups excluding carboxylic acids is 2. The Balaban J connectivity index is 1.86. The van der Waals surface area contributed by atoms with Gasteiger partial charge in [-0.1, -0.05) is 19.9 Å². The Hall–Kier alpha value is -2.76. The normalized spacial score (nSPS) is 22.6. The molecule has 0 amide bonds. The molecule has 6 nitrogen and oxygen atoms in total. The molecule has 1 aromatic carbocycles. The van der Waals surface area contributed by atoms with Crippen molar-refractivity contribution in [1.29, 1.82) is 0 Å². The summed E-state index contributed by atoms with van der Waals surface area (Å²) in [6.07, 6.45) is 0.940. The van der Waals surface area contributed by atoms with E-state index in [0.717, 1.165) is 23.4 Å². The van der Waals surface area contributed by atoms with Gasteiger partial charge in [-0.2, -0.15) is 0 Å². The third-order valence-electron chi connectivity index (χ3n) is 5.53. The zero-order chi connectivity index (χ0) is 20.9. The zero-order valence-electron chi connectivity index (χ0n) is 17.5. The number of hydrogen-bond acceptors (Lipinski definition) is 6. The van der Waals surface area contributed by atoms with E-state index < -0.39 is 11.9 Å². The molecule has 0 unspecified atom stereocenters. The van der Waals surface area contributed by atoms with Crippen LogP contribution in [0.15, 0.2) is 40.7 Å². The number of ketones is 1. The molecule has 29 heavy (non-hydrogen) atoms. The van der Waals surface area contributed by atoms with Crippen molar-refractivity contribution in [2.45, 2.75) is 59.5 Å². The fourth-order valence-electron chi connectivity index (χ4n) is 4.41. The molecule has 2 aliphatic heterocycles. The molecule has 0 saturated carbocycles. The van der Waals surface area contributed by atoms with Crippen LogP contribution in [0.2, 0.25) is 0 Å². The van der Waals surface area contributed by atoms with Crippen molar-refractivity contribution in [2.75, 3.05) is 6.79 Å². The summed E-state index contributed by atoms with van der Waals surface area (Å²) >= 11 is 0. The molecule has 0 aromatic heterocycles. The second-order valence-corrected chi connectivity index (χ2v) is 9.00. The summed E-state index contributed by atoms with van der Waals surface area (Å²) in [5.74, 6) is 0.460. The minimum Gasteiger partial charge on any atom is -0.460 e. The SMILES string of the molecule is CC1=C(C(=O)OC(C)C)[C@@H](c2ccc3c(c2)OCO3)C2=C(CC(C)(C)CC2=O)N1. The number of Topliss-reactive ketones (excluding diaryl/α,β-unsaturated/α-hetero) is 1. The Morgan fingerprint density at radius 2 is 1.93 bits per heavy atom. The van der Waals surface area contributed by atoms with Gasteiger partial charge in [0.1, 0.15) is 0 Å². The fourth-order valence-corrected chi connectivity index (χ4v) is 4.41. The summed E-state index contributed by atoms with van der Waals surface area (Å²) in [4.78, 5) is 26.3. The molecule has 0 radical (unpaired) electrons. The highest BCUT2D eigenvalue weighted by Gasteiger charge is 2.43. The Bertz CT molecular complexity index is 954. The van der Waals surface area contributed by atoms with Gasteiger partial charge < -0.3 is 19.5 Å². The van der Waals surface area contributed by atoms with Gasteiger partial charge in [0.2, 0.25) is 6.79 Å². The van der Waals surface area contributed by atoms with Crippen molar-refractivity contribution in [2.24, 2.45) is 5.41 Å². The van der Waals surface area contributed by atoms with Crippen LogP contribution in [0, 0.1) is 5.41 Å². The maximum atomic E-state index is 13.2. The first-order valence-corrected chi connectivity index (χ1v) is 10.0. The molecule has 3 aliphatic rings. The predicted molar refractivity (Wildman–Crippen MR) is 107 cm³/mol. The van der Waals surface area contributed by atoms with Crippen LogP contribution in [0.1, 0.15) is 58.9 Å². The van der Waals surface area contributed by atoms with Crippen LogP contribution in [0.25, 0.3) is 0 Å². The highest BCUT2D eigenvalue weighted by molar-refractivity contribution is 6.04. The molecule has 0 bridgehead atoms. The van der Waals surface area contributed by atoms with Crippen molar-refractivity contribution >= 4 is 11.8 Å². The predicted octanol–water partition coefficient (Wildman–Crippen LogP) is 3.97. The highest BCUT2D eigenvalue weighted by Crippen LogP contribution is 2.48. The summed E-state index contributed by atoms with van der Waals surface area (Å²) in [6, 6.07) is 5.60. The second kappa shape index (κ2) is 6.94. The molecule has 6 heteroatoms. The number of benzene rings is 1. The molecular formula is C23H27NO5. The van der Waals surface area contributed by atoms with Crippen LogP contribution in [-0.4, -0.2) is 24.6 Å². The summed E-state index contributed by atoms with van der Waals surface area (Å²) in [6.45, 7) is 9.86. The quantitative estimate of drug-likeness (QED) is 0.778. The smallest absolute Gasteiger partial charge is 0.337 e. The standard InChI is InChI=1S/C23H27NO5/c1-12(2)29-22(26)19-13(3)24-15-9-23(4,5)10-16(25)21(15)20(19)14-6-7-17-18(8-14)28-11-27-17/h6-8,12,20,24H,9-11H2,1-5H3/t20-/m1/s1. The van der Waals surface area contributed by atoms with Gasteiger partial charge in [0.25, 0.3) is 0 Å². The lowest BCUT2D eigenvalue weighted by Crippen LogP contribution is -2.39. The molecule has 1 atom stereocenters. The van der Waals surface area contributed by atoms with Gasteiger partial charge in [-0.3, -0.25) is 4.79 Å². The van der Waals surface area contributed by atoms with E-state index in [0.29, 0.717) is 29.1 Å². The lowest BCUT2D eigenvalue weighted by molar-refractivity contribution is -0.143. The monoisotopic (exact) mass is 397 g/mol. The fraction of sp³-hybridized carbons (Fsp3) is 0.478. The topological polar surface area (TPSA) is 73.9 Å². The van der Waals surface area contributed by atoms with E-state index in [1.807, 2.05) is 39.0 Å². The van der Waals surface area contributed by atoms with Gasteiger partial charge in [-0.25, -0.2) is 4.79 Å². The number of dihydropyridines is 1. The van der Waals surface area contributed by atoms with Gasteiger partial charge in [0, 0.05) is 29.3 Å². The lowest BCUT2D eigenvalue weighted by atomic mass is 9.68. The zero-order valence-corrected chi connectivity index (χ0v) is 17.5. The molecule has 1 N–H and O–H groups in total. The Labute approximate surface area is 170 Å². The van der Waals surface area contributed by atoms with Crippen molar-refractivity contribution in [1.82, 2.24) is 5.32 Å². The number of ether oxygens (including phenoxy) is 3. The first kappa shape index (κ1) is 19.6. The van der Waals surface area contributed by atoms with Gasteiger partial charge >= 0.3 is 5.97 Å². The molecule has 0 fully saturated rings. The van der Waals surface area contributed by atoms with Crippen LogP contribution in [0.5, 0.6) is 11.5 Å². The molecule has 4 rings (SSSR count). The minimum absolute atomic E-state index is 0.0637. The first-order valence-electron chi connectivity index (χ1n) is 10.0. The van der Waals surface area contributed by atoms with E-state index in [1.165, 1.54) is 0 Å². The molecule has 1 aliphatic carbocycles. The summed E-state index contributed by atoms with van der Waals surface area (Å²) in [5, 5.41) is 3.34. The molecule has 1 aromatic rings. The molecule has 0 saturated heterocycles. The third kappa shape index (κ3) is 3.52. The van der Waals surface area contributed by atoms with Crippen molar-refractivity contribution in [3.05, 3.63) is 46.3 Å². The number of esters is 1. The Kier molecular flexibility index (Phi) is 4.68. The Morgan fingerprint density at radius 3 is 2.66 bits per heavy atom. The van der Waals surface area contributed by atoms with Crippen LogP contribution >= 0.6 is 0 Å². The average Bonchev–Trinajstić information content (AvgIpc) is 3.06. The minimum atomic E-state index is -0.490. The van der Waals surface area contributed by atoms with E-state index in [-0.39, 0.29) is 24.1 Å². The van der Waals surface area contributed by atoms with Gasteiger partial charge in [0.05, 0.1) is 11.7 Å². The number of nitrogens with one attached hydrogen (secondary N) is 1. The maximum Gasteiger partial charge on any atom is 0.337 e. The number of rotatable bonds is 3. The third-order valence-corrected chi connectivity index (χ3v) is 5.53. The number of carbonyl (C=O) groups is 2. The van der Waals surface area contributed by atoms with Gasteiger partial charge in [0.15, 0.2) is 17.3 Å². The van der Waals surface area contributed by atoms with Crippen molar-refractivity contribution in [3.8, 4) is 11.5 Å². The van der Waals surface area contributed by atoms with E-state index in [4.69, 9.17) is 14.2 Å². The maximum absolute atomic E-state index is 13.2. The lowest BCUT2D eigenvalue weighted by Gasteiger charge is -2.39. The second-order valence-electron chi connectivity index (χ2n) is 9.00. The van der Waals surface area contributed by atoms with Crippen molar-refractivity contribution < 1.29 is 23.8 Å². The first-order chi connectivity index (χ1) is 13.7. The summed E-state index contributed by atoms with van der Waals surface area (Å²) in [5.41, 5.74) is 3.45. The van der Waals surface area contributed by atoms with Gasteiger partial charge in [-0.15, -0.1) is 0 Å². The number of hydrogen-bond donors (Lipinski definition) is 1. The Morgan fingerprint density at radius 1 is 1.21 bits per heavy atom. The van der Waals surface area contributed by atoms with Crippen LogP contribution < -0.4 is 14.8 Å². The van der Waals surface area contributed by atoms with E-state index >= 15 is 0 Å². The van der Waals surface area contributed by atoms with Crippen LogP contribution in [0.3, 0.4) is 0 Å². The molecule has 2 heterocycles. The van der Waals surface area contributed by atoms with E-state index in [2.05, 4.69) is 19.2 Å².